The lowest BCUT2D eigenvalue weighted by Crippen LogP contribution is -2.29. The van der Waals surface area contributed by atoms with Crippen molar-refractivity contribution < 1.29 is 4.39 Å². The molecule has 0 aliphatic heterocycles. The lowest BCUT2D eigenvalue weighted by molar-refractivity contribution is 0.582. The van der Waals surface area contributed by atoms with Crippen LogP contribution in [0.5, 0.6) is 0 Å². The number of nitrogens with two attached hydrogens (primary N) is 2. The summed E-state index contributed by atoms with van der Waals surface area (Å²) in [6.45, 7) is 1.99. The minimum Gasteiger partial charge on any atom is -0.384 e. The van der Waals surface area contributed by atoms with E-state index in [-0.39, 0.29) is 10.4 Å². The molecule has 6 nitrogen and oxygen atoms in total. The second kappa shape index (κ2) is 6.78. The minimum atomic E-state index is -0.680. The number of rotatable bonds is 4. The zero-order chi connectivity index (χ0) is 18.1. The van der Waals surface area contributed by atoms with E-state index in [9.17, 15) is 9.18 Å². The first kappa shape index (κ1) is 17.3. The van der Waals surface area contributed by atoms with Crippen LogP contribution in [0.1, 0.15) is 31.6 Å². The topological polar surface area (TPSA) is 99.8 Å². The van der Waals surface area contributed by atoms with E-state index in [0.29, 0.717) is 29.3 Å². The van der Waals surface area contributed by atoms with Crippen LogP contribution in [-0.2, 0) is 0 Å². The molecule has 0 spiro atoms. The van der Waals surface area contributed by atoms with Gasteiger partial charge in [0.25, 0.3) is 5.56 Å². The molecule has 0 radical (unpaired) electrons. The fourth-order valence-electron chi connectivity index (χ4n) is 2.69. The van der Waals surface area contributed by atoms with Gasteiger partial charge in [-0.15, -0.1) is 0 Å². The molecule has 0 saturated heterocycles. The smallest absolute Gasteiger partial charge is 0.267 e. The van der Waals surface area contributed by atoms with Gasteiger partial charge < -0.3 is 11.5 Å². The van der Waals surface area contributed by atoms with Gasteiger partial charge in [0, 0.05) is 0 Å². The van der Waals surface area contributed by atoms with Crippen molar-refractivity contribution in [3.8, 4) is 5.69 Å². The molecular formula is C17H17ClFN5O. The molecule has 0 fully saturated rings. The largest absolute Gasteiger partial charge is 0.384 e. The molecule has 3 rings (SSSR count). The summed E-state index contributed by atoms with van der Waals surface area (Å²) in [6.07, 6.45) is 2.90. The molecule has 3 aromatic rings. The Labute approximate surface area is 148 Å². The van der Waals surface area contributed by atoms with E-state index in [1.54, 1.807) is 12.1 Å². The first-order valence-corrected chi connectivity index (χ1v) is 8.20. The standard InChI is InChI=1S/C17H17ClFN5O/c1-2-3-11(20)16-23-12-6-5-10(19)15(18)14(12)17(25)24(16)9-4-7-13(21)22-8-9/h4-8,11H,2-3,20H2,1H3,(H2,21,22). The van der Waals surface area contributed by atoms with Crippen molar-refractivity contribution in [2.24, 2.45) is 5.73 Å². The Morgan fingerprint density at radius 2 is 2.08 bits per heavy atom. The van der Waals surface area contributed by atoms with Crippen molar-refractivity contribution >= 4 is 28.3 Å². The van der Waals surface area contributed by atoms with Crippen LogP contribution in [0.4, 0.5) is 10.2 Å². The van der Waals surface area contributed by atoms with Gasteiger partial charge in [0.05, 0.1) is 33.9 Å². The van der Waals surface area contributed by atoms with Crippen LogP contribution in [0, 0.1) is 5.82 Å². The van der Waals surface area contributed by atoms with Crippen LogP contribution in [0.15, 0.2) is 35.3 Å². The maximum atomic E-state index is 13.8. The number of anilines is 1. The van der Waals surface area contributed by atoms with Gasteiger partial charge in [0.15, 0.2) is 0 Å². The second-order valence-corrected chi connectivity index (χ2v) is 6.08. The third-order valence-electron chi connectivity index (χ3n) is 3.91. The Kier molecular flexibility index (Phi) is 4.69. The number of fused-ring (bicyclic) bond motifs is 1. The van der Waals surface area contributed by atoms with Gasteiger partial charge in [0.2, 0.25) is 0 Å². The molecule has 0 saturated carbocycles. The number of hydrogen-bond acceptors (Lipinski definition) is 5. The van der Waals surface area contributed by atoms with Gasteiger partial charge in [-0.05, 0) is 30.7 Å². The molecule has 2 heterocycles. The third-order valence-corrected chi connectivity index (χ3v) is 4.28. The van der Waals surface area contributed by atoms with Crippen molar-refractivity contribution in [1.29, 1.82) is 0 Å². The summed E-state index contributed by atoms with van der Waals surface area (Å²) in [4.78, 5) is 21.6. The fraction of sp³-hybridized carbons (Fsp3) is 0.235. The Morgan fingerprint density at radius 3 is 2.72 bits per heavy atom. The normalized spacial score (nSPS) is 12.5. The zero-order valence-corrected chi connectivity index (χ0v) is 14.3. The Morgan fingerprint density at radius 1 is 1.32 bits per heavy atom. The number of pyridine rings is 1. The highest BCUT2D eigenvalue weighted by Gasteiger charge is 2.20. The molecule has 0 amide bonds. The number of nitrogen functional groups attached to an aromatic ring is 1. The van der Waals surface area contributed by atoms with Gasteiger partial charge in [-0.3, -0.25) is 9.36 Å². The molecule has 25 heavy (non-hydrogen) atoms. The average Bonchev–Trinajstić information content (AvgIpc) is 2.59. The van der Waals surface area contributed by atoms with Crippen molar-refractivity contribution in [3.63, 3.8) is 0 Å². The summed E-state index contributed by atoms with van der Waals surface area (Å²) in [5.74, 6) is 0.00304. The number of halogens is 2. The van der Waals surface area contributed by atoms with Gasteiger partial charge >= 0.3 is 0 Å². The van der Waals surface area contributed by atoms with Crippen LogP contribution in [0.2, 0.25) is 5.02 Å². The van der Waals surface area contributed by atoms with Crippen LogP contribution in [-0.4, -0.2) is 14.5 Å². The van der Waals surface area contributed by atoms with E-state index in [1.165, 1.54) is 22.9 Å². The van der Waals surface area contributed by atoms with Crippen LogP contribution >= 0.6 is 11.6 Å². The van der Waals surface area contributed by atoms with E-state index in [2.05, 4.69) is 9.97 Å². The molecule has 1 unspecified atom stereocenters. The number of nitrogens with zero attached hydrogens (tertiary/aromatic N) is 3. The van der Waals surface area contributed by atoms with Crippen molar-refractivity contribution in [3.05, 3.63) is 57.5 Å². The molecule has 2 aromatic heterocycles. The lowest BCUT2D eigenvalue weighted by atomic mass is 10.1. The predicted octanol–water partition coefficient (Wildman–Crippen LogP) is 2.96. The van der Waals surface area contributed by atoms with Gasteiger partial charge in [-0.1, -0.05) is 24.9 Å². The van der Waals surface area contributed by atoms with Crippen LogP contribution in [0.3, 0.4) is 0 Å². The molecule has 130 valence electrons. The fourth-order valence-corrected chi connectivity index (χ4v) is 2.94. The molecule has 0 aliphatic carbocycles. The molecule has 8 heteroatoms. The first-order valence-electron chi connectivity index (χ1n) is 7.82. The molecular weight excluding hydrogens is 345 g/mol. The minimum absolute atomic E-state index is 0.00550. The summed E-state index contributed by atoms with van der Waals surface area (Å²) in [7, 11) is 0. The van der Waals surface area contributed by atoms with Gasteiger partial charge in [-0.25, -0.2) is 14.4 Å². The predicted molar refractivity (Wildman–Crippen MR) is 96.4 cm³/mol. The maximum absolute atomic E-state index is 13.8. The highest BCUT2D eigenvalue weighted by molar-refractivity contribution is 6.35. The number of benzene rings is 1. The van der Waals surface area contributed by atoms with E-state index in [0.717, 1.165) is 6.42 Å². The third kappa shape index (κ3) is 3.08. The quantitative estimate of drug-likeness (QED) is 0.744. The van der Waals surface area contributed by atoms with Crippen molar-refractivity contribution in [1.82, 2.24) is 14.5 Å². The molecule has 1 aromatic carbocycles. The van der Waals surface area contributed by atoms with Crippen LogP contribution in [0.25, 0.3) is 16.6 Å². The summed E-state index contributed by atoms with van der Waals surface area (Å²) in [5.41, 5.74) is 12.1. The first-order chi connectivity index (χ1) is 11.9. The monoisotopic (exact) mass is 361 g/mol. The Hall–Kier alpha value is -2.51. The average molecular weight is 362 g/mol. The number of hydrogen-bond donors (Lipinski definition) is 2. The lowest BCUT2D eigenvalue weighted by Gasteiger charge is -2.18. The van der Waals surface area contributed by atoms with E-state index in [4.69, 9.17) is 23.1 Å². The number of aromatic nitrogens is 3. The van der Waals surface area contributed by atoms with E-state index >= 15 is 0 Å². The van der Waals surface area contributed by atoms with Gasteiger partial charge in [0.1, 0.15) is 17.5 Å². The summed E-state index contributed by atoms with van der Waals surface area (Å²) in [6, 6.07) is 5.33. The van der Waals surface area contributed by atoms with Crippen LogP contribution < -0.4 is 17.0 Å². The molecule has 4 N–H and O–H groups in total. The second-order valence-electron chi connectivity index (χ2n) is 5.70. The van der Waals surface area contributed by atoms with Crippen molar-refractivity contribution in [2.75, 3.05) is 5.73 Å². The molecule has 0 bridgehead atoms. The zero-order valence-electron chi connectivity index (χ0n) is 13.5. The van der Waals surface area contributed by atoms with E-state index < -0.39 is 17.4 Å². The summed E-state index contributed by atoms with van der Waals surface area (Å²) >= 11 is 6.01. The highest BCUT2D eigenvalue weighted by atomic mass is 35.5. The van der Waals surface area contributed by atoms with Gasteiger partial charge in [-0.2, -0.15) is 0 Å². The molecule has 1 atom stereocenters. The Balaban J connectivity index is 2.39. The summed E-state index contributed by atoms with van der Waals surface area (Å²) in [5, 5.41) is -0.256. The maximum Gasteiger partial charge on any atom is 0.267 e. The molecule has 0 aliphatic rings. The SMILES string of the molecule is CCCC(N)c1nc2ccc(F)c(Cl)c2c(=O)n1-c1ccc(N)nc1. The highest BCUT2D eigenvalue weighted by Crippen LogP contribution is 2.25. The van der Waals surface area contributed by atoms with Crippen molar-refractivity contribution in [2.45, 2.75) is 25.8 Å². The summed E-state index contributed by atoms with van der Waals surface area (Å²) < 4.78 is 15.2. The Bertz CT molecular complexity index is 987. The van der Waals surface area contributed by atoms with E-state index in [1.807, 2.05) is 6.92 Å².